The molecule has 4 aromatic carbocycles. The molecule has 0 saturated carbocycles. The Morgan fingerprint density at radius 2 is 0.650 bits per heavy atom. The maximum Gasteiger partial charge on any atom is 0.338 e. The Kier molecular flexibility index (Phi) is 9.77. The van der Waals surface area contributed by atoms with Crippen molar-refractivity contribution in [3.05, 3.63) is 144 Å². The van der Waals surface area contributed by atoms with Gasteiger partial charge in [-0.05, 0) is 48.5 Å². The Morgan fingerprint density at radius 1 is 0.400 bits per heavy atom. The highest BCUT2D eigenvalue weighted by Gasteiger charge is 2.33. The molecule has 0 aliphatic heterocycles. The Balaban J connectivity index is 1.58. The maximum absolute atomic E-state index is 13.0. The highest BCUT2D eigenvalue weighted by Crippen LogP contribution is 2.16. The molecular formula is C32H26O8. The maximum atomic E-state index is 13.0. The molecule has 0 heterocycles. The van der Waals surface area contributed by atoms with Gasteiger partial charge in [-0.2, -0.15) is 0 Å². The molecule has 0 aromatic heterocycles. The first-order chi connectivity index (χ1) is 19.5. The van der Waals surface area contributed by atoms with Crippen LogP contribution in [0.3, 0.4) is 0 Å². The summed E-state index contributed by atoms with van der Waals surface area (Å²) in [6, 6.07) is 32.8. The first-order valence-electron chi connectivity index (χ1n) is 12.5. The molecule has 4 rings (SSSR count). The van der Waals surface area contributed by atoms with Crippen LogP contribution in [-0.2, 0) is 18.9 Å². The lowest BCUT2D eigenvalue weighted by atomic mass is 10.1. The smallest absolute Gasteiger partial charge is 0.338 e. The zero-order valence-corrected chi connectivity index (χ0v) is 21.4. The van der Waals surface area contributed by atoms with Gasteiger partial charge in [0.1, 0.15) is 13.2 Å². The molecule has 202 valence electrons. The largest absolute Gasteiger partial charge is 0.458 e. The molecular weight excluding hydrogens is 512 g/mol. The summed E-state index contributed by atoms with van der Waals surface area (Å²) in [5, 5.41) is 0. The normalized spacial score (nSPS) is 11.9. The van der Waals surface area contributed by atoms with Crippen molar-refractivity contribution in [3.63, 3.8) is 0 Å². The first kappa shape index (κ1) is 27.8. The number of carbonyl (C=O) groups is 4. The third kappa shape index (κ3) is 7.88. The van der Waals surface area contributed by atoms with Gasteiger partial charge >= 0.3 is 23.9 Å². The van der Waals surface area contributed by atoms with Crippen LogP contribution < -0.4 is 0 Å². The summed E-state index contributed by atoms with van der Waals surface area (Å²) in [7, 11) is 0. The molecule has 0 unspecified atom stereocenters. The monoisotopic (exact) mass is 538 g/mol. The number of rotatable bonds is 11. The zero-order valence-electron chi connectivity index (χ0n) is 21.4. The number of ether oxygens (including phenoxy) is 4. The van der Waals surface area contributed by atoms with Crippen LogP contribution in [0.25, 0.3) is 0 Å². The second-order valence-corrected chi connectivity index (χ2v) is 8.55. The van der Waals surface area contributed by atoms with E-state index >= 15 is 0 Å². The standard InChI is InChI=1S/C32H26O8/c33-29(23-13-5-1-6-14-23)37-21-27(39-31(35)25-17-9-3-10-18-25)28(40-32(36)26-19-11-4-12-20-26)22-38-30(34)24-15-7-2-8-16-24/h1-20,27-28H,21-22H2/t27-,28-/m1/s1. The third-order valence-corrected chi connectivity index (χ3v) is 5.73. The first-order valence-corrected chi connectivity index (χ1v) is 12.5. The summed E-state index contributed by atoms with van der Waals surface area (Å²) in [6.07, 6.45) is -2.62. The van der Waals surface area contributed by atoms with Gasteiger partial charge in [0.25, 0.3) is 0 Å². The van der Waals surface area contributed by atoms with Crippen LogP contribution in [0, 0.1) is 0 Å². The molecule has 0 bridgehead atoms. The van der Waals surface area contributed by atoms with Gasteiger partial charge in [-0.25, -0.2) is 19.2 Å². The molecule has 40 heavy (non-hydrogen) atoms. The molecule has 8 heteroatoms. The quantitative estimate of drug-likeness (QED) is 0.191. The fraction of sp³-hybridized carbons (Fsp3) is 0.125. The number of esters is 4. The minimum Gasteiger partial charge on any atom is -0.458 e. The molecule has 0 saturated heterocycles. The minimum atomic E-state index is -1.31. The van der Waals surface area contributed by atoms with E-state index in [1.54, 1.807) is 121 Å². The van der Waals surface area contributed by atoms with E-state index in [-0.39, 0.29) is 22.3 Å². The predicted octanol–water partition coefficient (Wildman–Crippen LogP) is 5.15. The fourth-order valence-electron chi connectivity index (χ4n) is 3.62. The van der Waals surface area contributed by atoms with Gasteiger partial charge in [-0.1, -0.05) is 72.8 Å². The molecule has 2 atom stereocenters. The van der Waals surface area contributed by atoms with Gasteiger partial charge in [0.15, 0.2) is 12.2 Å². The van der Waals surface area contributed by atoms with Crippen molar-refractivity contribution in [2.24, 2.45) is 0 Å². The van der Waals surface area contributed by atoms with Crippen molar-refractivity contribution in [1.29, 1.82) is 0 Å². The van der Waals surface area contributed by atoms with Crippen LogP contribution in [0.1, 0.15) is 41.4 Å². The lowest BCUT2D eigenvalue weighted by Gasteiger charge is -2.26. The van der Waals surface area contributed by atoms with E-state index in [1.807, 2.05) is 0 Å². The van der Waals surface area contributed by atoms with Crippen molar-refractivity contribution in [2.75, 3.05) is 13.2 Å². The summed E-state index contributed by atoms with van der Waals surface area (Å²) in [4.78, 5) is 51.3. The SMILES string of the molecule is O=C(OC[C@@H](OC(=O)c1ccccc1)[C@@H](COC(=O)c1ccccc1)OC(=O)c1ccccc1)c1ccccc1. The second kappa shape index (κ2) is 14.1. The Hall–Kier alpha value is -5.24. The van der Waals surface area contributed by atoms with E-state index in [1.165, 1.54) is 0 Å². The number of hydrogen-bond acceptors (Lipinski definition) is 8. The van der Waals surface area contributed by atoms with E-state index in [2.05, 4.69) is 0 Å². The van der Waals surface area contributed by atoms with Crippen molar-refractivity contribution in [3.8, 4) is 0 Å². The van der Waals surface area contributed by atoms with E-state index in [0.29, 0.717) is 0 Å². The second-order valence-electron chi connectivity index (χ2n) is 8.55. The predicted molar refractivity (Wildman–Crippen MR) is 145 cm³/mol. The number of benzene rings is 4. The minimum absolute atomic E-state index is 0.233. The van der Waals surface area contributed by atoms with E-state index < -0.39 is 49.3 Å². The fourth-order valence-corrected chi connectivity index (χ4v) is 3.62. The summed E-state index contributed by atoms with van der Waals surface area (Å²) >= 11 is 0. The lowest BCUT2D eigenvalue weighted by Crippen LogP contribution is -2.42. The Labute approximate surface area is 231 Å². The summed E-state index contributed by atoms with van der Waals surface area (Å²) < 4.78 is 22.2. The Morgan fingerprint density at radius 3 is 0.925 bits per heavy atom. The zero-order chi connectivity index (χ0) is 28.2. The van der Waals surface area contributed by atoms with Crippen molar-refractivity contribution >= 4 is 23.9 Å². The molecule has 0 aliphatic carbocycles. The summed E-state index contributed by atoms with van der Waals surface area (Å²) in [6.45, 7) is -0.941. The third-order valence-electron chi connectivity index (χ3n) is 5.73. The molecule has 0 aliphatic rings. The van der Waals surface area contributed by atoms with Crippen molar-refractivity contribution in [2.45, 2.75) is 12.2 Å². The molecule has 0 N–H and O–H groups in total. The van der Waals surface area contributed by atoms with E-state index in [9.17, 15) is 19.2 Å². The average Bonchev–Trinajstić information content (AvgIpc) is 3.02. The van der Waals surface area contributed by atoms with Gasteiger partial charge in [-0.3, -0.25) is 0 Å². The van der Waals surface area contributed by atoms with E-state index in [0.717, 1.165) is 0 Å². The van der Waals surface area contributed by atoms with Gasteiger partial charge in [0, 0.05) is 0 Å². The van der Waals surface area contributed by atoms with Crippen molar-refractivity contribution < 1.29 is 38.1 Å². The summed E-state index contributed by atoms with van der Waals surface area (Å²) in [5.74, 6) is -2.82. The lowest BCUT2D eigenvalue weighted by molar-refractivity contribution is -0.0752. The van der Waals surface area contributed by atoms with Gasteiger partial charge in [-0.15, -0.1) is 0 Å². The van der Waals surface area contributed by atoms with Gasteiger partial charge in [0.05, 0.1) is 22.3 Å². The molecule has 0 amide bonds. The van der Waals surface area contributed by atoms with Crippen LogP contribution >= 0.6 is 0 Å². The molecule has 0 radical (unpaired) electrons. The highest BCUT2D eigenvalue weighted by molar-refractivity contribution is 5.91. The van der Waals surface area contributed by atoms with Gasteiger partial charge in [0.2, 0.25) is 0 Å². The van der Waals surface area contributed by atoms with Crippen LogP contribution in [0.15, 0.2) is 121 Å². The molecule has 8 nitrogen and oxygen atoms in total. The Bertz CT molecular complexity index is 1300. The molecule has 0 fully saturated rings. The average molecular weight is 539 g/mol. The summed E-state index contributed by atoms with van der Waals surface area (Å²) in [5.41, 5.74) is 1.03. The van der Waals surface area contributed by atoms with Gasteiger partial charge < -0.3 is 18.9 Å². The highest BCUT2D eigenvalue weighted by atomic mass is 16.6. The van der Waals surface area contributed by atoms with Crippen LogP contribution in [0.5, 0.6) is 0 Å². The van der Waals surface area contributed by atoms with Crippen LogP contribution in [0.4, 0.5) is 0 Å². The number of carbonyl (C=O) groups excluding carboxylic acids is 4. The van der Waals surface area contributed by atoms with E-state index in [4.69, 9.17) is 18.9 Å². The molecule has 0 spiro atoms. The molecule has 4 aromatic rings. The number of hydrogen-bond donors (Lipinski definition) is 0. The van der Waals surface area contributed by atoms with Crippen LogP contribution in [0.2, 0.25) is 0 Å². The van der Waals surface area contributed by atoms with Crippen LogP contribution in [-0.4, -0.2) is 49.3 Å². The van der Waals surface area contributed by atoms with Crippen molar-refractivity contribution in [1.82, 2.24) is 0 Å². The topological polar surface area (TPSA) is 105 Å².